The average Bonchev–Trinajstić information content (AvgIpc) is 3.29. The van der Waals surface area contributed by atoms with E-state index in [0.29, 0.717) is 30.1 Å². The van der Waals surface area contributed by atoms with Crippen molar-refractivity contribution in [3.8, 4) is 22.8 Å². The van der Waals surface area contributed by atoms with Gasteiger partial charge in [-0.1, -0.05) is 30.3 Å². The molecule has 0 aliphatic carbocycles. The third kappa shape index (κ3) is 4.27. The Morgan fingerprint density at radius 3 is 2.49 bits per heavy atom. The topological polar surface area (TPSA) is 109 Å². The zero-order valence-corrected chi connectivity index (χ0v) is 19.5. The van der Waals surface area contributed by atoms with Gasteiger partial charge < -0.3 is 19.5 Å². The molecule has 3 heterocycles. The number of aryl methyl sites for hydroxylation is 1. The van der Waals surface area contributed by atoms with E-state index >= 15 is 0 Å². The molecular formula is C27H27N3O5. The summed E-state index contributed by atoms with van der Waals surface area (Å²) in [4.78, 5) is 28.3. The number of phenols is 2. The van der Waals surface area contributed by atoms with Crippen LogP contribution < -0.4 is 5.43 Å². The molecule has 0 spiro atoms. The highest BCUT2D eigenvalue weighted by atomic mass is 16.3. The molecule has 1 amide bonds. The summed E-state index contributed by atoms with van der Waals surface area (Å²) in [6, 6.07) is 13.4. The van der Waals surface area contributed by atoms with Crippen molar-refractivity contribution < 1.29 is 19.4 Å². The van der Waals surface area contributed by atoms with Crippen LogP contribution in [-0.2, 0) is 11.8 Å². The van der Waals surface area contributed by atoms with Gasteiger partial charge in [0.1, 0.15) is 28.2 Å². The maximum atomic E-state index is 13.3. The highest BCUT2D eigenvalue weighted by molar-refractivity contribution is 5.91. The van der Waals surface area contributed by atoms with Crippen molar-refractivity contribution in [3.63, 3.8) is 0 Å². The van der Waals surface area contributed by atoms with Crippen molar-refractivity contribution in [1.82, 2.24) is 14.7 Å². The van der Waals surface area contributed by atoms with Crippen LogP contribution in [0.25, 0.3) is 22.3 Å². The monoisotopic (exact) mass is 473 g/mol. The first-order valence-corrected chi connectivity index (χ1v) is 11.8. The number of amides is 1. The van der Waals surface area contributed by atoms with Crippen LogP contribution >= 0.6 is 0 Å². The van der Waals surface area contributed by atoms with E-state index in [2.05, 4.69) is 5.10 Å². The fourth-order valence-electron chi connectivity index (χ4n) is 4.93. The predicted octanol–water partition coefficient (Wildman–Crippen LogP) is 4.14. The zero-order chi connectivity index (χ0) is 24.5. The summed E-state index contributed by atoms with van der Waals surface area (Å²) in [6.07, 6.45) is 4.71. The molecule has 0 bridgehead atoms. The number of hydrogen-bond acceptors (Lipinski definition) is 6. The second-order valence-electron chi connectivity index (χ2n) is 8.95. The Hall–Kier alpha value is -4.07. The molecule has 2 aromatic carbocycles. The first kappa shape index (κ1) is 22.7. The molecule has 1 unspecified atom stereocenters. The molecule has 5 rings (SSSR count). The van der Waals surface area contributed by atoms with Crippen molar-refractivity contribution in [2.75, 3.05) is 13.1 Å². The van der Waals surface area contributed by atoms with Crippen LogP contribution in [0.3, 0.4) is 0 Å². The number of phenolic OH excluding ortho intramolecular Hbond substituents is 2. The molecule has 2 N–H and O–H groups in total. The number of carbonyl (C=O) groups excluding carboxylic acids is 1. The molecule has 8 nitrogen and oxygen atoms in total. The van der Waals surface area contributed by atoms with Gasteiger partial charge in [-0.15, -0.1) is 0 Å². The number of nitrogens with zero attached hydrogens (tertiary/aromatic N) is 3. The molecular weight excluding hydrogens is 446 g/mol. The number of carbonyl (C=O) groups is 1. The van der Waals surface area contributed by atoms with Crippen LogP contribution in [0.2, 0.25) is 0 Å². The number of aromatic nitrogens is 2. The molecule has 180 valence electrons. The minimum absolute atomic E-state index is 0.0323. The Kier molecular flexibility index (Phi) is 6.03. The van der Waals surface area contributed by atoms with Crippen molar-refractivity contribution >= 4 is 16.9 Å². The van der Waals surface area contributed by atoms with Crippen LogP contribution in [0, 0.1) is 0 Å². The highest BCUT2D eigenvalue weighted by Crippen LogP contribution is 2.43. The standard InChI is InChI=1S/C27H27N3O5/c1-29-19(10-11-28-29)18(14-24(34)30-12-6-3-7-13-30)25-20(31)15-21(32)26-22(33)16-23(35-27(25)26)17-8-4-2-5-9-17/h2,4-5,8-11,15-16,18,31-32H,3,6-7,12-14H2,1H3. The largest absolute Gasteiger partial charge is 0.507 e. The minimum atomic E-state index is -0.644. The highest BCUT2D eigenvalue weighted by Gasteiger charge is 2.31. The van der Waals surface area contributed by atoms with Gasteiger partial charge in [-0.25, -0.2) is 0 Å². The van der Waals surface area contributed by atoms with Crippen molar-refractivity contribution in [2.24, 2.45) is 7.05 Å². The van der Waals surface area contributed by atoms with E-state index in [0.717, 1.165) is 25.3 Å². The SMILES string of the molecule is Cn1nccc1C(CC(=O)N1CCCCC1)c1c(O)cc(O)c2c(=O)cc(-c3ccccc3)oc12. The number of fused-ring (bicyclic) bond motifs is 1. The molecule has 1 fully saturated rings. The van der Waals surface area contributed by atoms with Gasteiger partial charge in [0.15, 0.2) is 5.43 Å². The Morgan fingerprint density at radius 2 is 1.80 bits per heavy atom. The number of piperidine rings is 1. The minimum Gasteiger partial charge on any atom is -0.507 e. The molecule has 2 aromatic heterocycles. The second-order valence-corrected chi connectivity index (χ2v) is 8.95. The van der Waals surface area contributed by atoms with Crippen LogP contribution in [0.4, 0.5) is 0 Å². The van der Waals surface area contributed by atoms with Crippen LogP contribution in [0.1, 0.15) is 42.9 Å². The molecule has 8 heteroatoms. The molecule has 1 aliphatic rings. The fraction of sp³-hybridized carbons (Fsp3) is 0.296. The van der Waals surface area contributed by atoms with E-state index in [1.54, 1.807) is 24.0 Å². The van der Waals surface area contributed by atoms with E-state index in [9.17, 15) is 19.8 Å². The first-order valence-electron chi connectivity index (χ1n) is 11.8. The predicted molar refractivity (Wildman–Crippen MR) is 131 cm³/mol. The number of rotatable bonds is 5. The number of likely N-dealkylation sites (tertiary alicyclic amines) is 1. The van der Waals surface area contributed by atoms with E-state index in [1.807, 2.05) is 35.2 Å². The summed E-state index contributed by atoms with van der Waals surface area (Å²) in [6.45, 7) is 1.40. The third-order valence-electron chi connectivity index (χ3n) is 6.71. The van der Waals surface area contributed by atoms with Crippen LogP contribution in [0.5, 0.6) is 11.5 Å². The zero-order valence-electron chi connectivity index (χ0n) is 19.5. The molecule has 1 aliphatic heterocycles. The summed E-state index contributed by atoms with van der Waals surface area (Å²) in [5.41, 5.74) is 1.27. The van der Waals surface area contributed by atoms with Crippen LogP contribution in [0.15, 0.2) is 63.9 Å². The lowest BCUT2D eigenvalue weighted by Gasteiger charge is -2.29. The molecule has 0 radical (unpaired) electrons. The normalized spacial score (nSPS) is 14.8. The molecule has 4 aromatic rings. The van der Waals surface area contributed by atoms with Gasteiger partial charge in [-0.3, -0.25) is 14.3 Å². The molecule has 35 heavy (non-hydrogen) atoms. The van der Waals surface area contributed by atoms with Gasteiger partial charge in [-0.2, -0.15) is 5.10 Å². The average molecular weight is 474 g/mol. The molecule has 1 saturated heterocycles. The Balaban J connectivity index is 1.72. The summed E-state index contributed by atoms with van der Waals surface area (Å²) in [7, 11) is 1.76. The van der Waals surface area contributed by atoms with Gasteiger partial charge in [0, 0.05) is 67.6 Å². The fourth-order valence-corrected chi connectivity index (χ4v) is 4.93. The van der Waals surface area contributed by atoms with E-state index in [4.69, 9.17) is 4.42 Å². The van der Waals surface area contributed by atoms with E-state index in [1.165, 1.54) is 6.07 Å². The van der Waals surface area contributed by atoms with Gasteiger partial charge in [-0.05, 0) is 25.3 Å². The number of benzene rings is 2. The first-order chi connectivity index (χ1) is 16.9. The number of hydrogen-bond donors (Lipinski definition) is 2. The quantitative estimate of drug-likeness (QED) is 0.451. The Morgan fingerprint density at radius 1 is 1.06 bits per heavy atom. The second kappa shape index (κ2) is 9.29. The lowest BCUT2D eigenvalue weighted by atomic mass is 9.88. The summed E-state index contributed by atoms with van der Waals surface area (Å²) in [5.74, 6) is -1.01. The Bertz CT molecular complexity index is 1430. The Labute approximate surface area is 202 Å². The summed E-state index contributed by atoms with van der Waals surface area (Å²) in [5, 5.41) is 25.8. The van der Waals surface area contributed by atoms with Gasteiger partial charge in [0.2, 0.25) is 5.91 Å². The molecule has 0 saturated carbocycles. The van der Waals surface area contributed by atoms with Crippen molar-refractivity contribution in [1.29, 1.82) is 0 Å². The molecule has 1 atom stereocenters. The maximum Gasteiger partial charge on any atom is 0.223 e. The van der Waals surface area contributed by atoms with E-state index < -0.39 is 11.3 Å². The van der Waals surface area contributed by atoms with E-state index in [-0.39, 0.29) is 40.4 Å². The van der Waals surface area contributed by atoms with Crippen molar-refractivity contribution in [2.45, 2.75) is 31.6 Å². The maximum absolute atomic E-state index is 13.3. The lowest BCUT2D eigenvalue weighted by Crippen LogP contribution is -2.36. The van der Waals surface area contributed by atoms with Gasteiger partial charge >= 0.3 is 0 Å². The van der Waals surface area contributed by atoms with Crippen molar-refractivity contribution in [3.05, 3.63) is 76.2 Å². The lowest BCUT2D eigenvalue weighted by molar-refractivity contribution is -0.132. The van der Waals surface area contributed by atoms with Crippen LogP contribution in [-0.4, -0.2) is 43.9 Å². The summed E-state index contributed by atoms with van der Waals surface area (Å²) >= 11 is 0. The number of aromatic hydroxyl groups is 2. The smallest absolute Gasteiger partial charge is 0.223 e. The summed E-state index contributed by atoms with van der Waals surface area (Å²) < 4.78 is 7.84. The van der Waals surface area contributed by atoms with Gasteiger partial charge in [0.25, 0.3) is 0 Å². The third-order valence-corrected chi connectivity index (χ3v) is 6.71. The van der Waals surface area contributed by atoms with Gasteiger partial charge in [0.05, 0.1) is 0 Å².